The molecule has 72 valence electrons. The quantitative estimate of drug-likeness (QED) is 0.531. The number of pyridine rings is 1. The van der Waals surface area contributed by atoms with Gasteiger partial charge in [-0.1, -0.05) is 18.2 Å². The summed E-state index contributed by atoms with van der Waals surface area (Å²) >= 11 is 0. The summed E-state index contributed by atoms with van der Waals surface area (Å²) in [6.45, 7) is 4.01. The summed E-state index contributed by atoms with van der Waals surface area (Å²) in [6.07, 6.45) is 0. The fourth-order valence-corrected chi connectivity index (χ4v) is 1.58. The first-order valence-electron chi connectivity index (χ1n) is 4.56. The van der Waals surface area contributed by atoms with Crippen LogP contribution in [-0.2, 0) is 0 Å². The third-order valence-corrected chi connectivity index (χ3v) is 2.39. The van der Waals surface area contributed by atoms with Crippen molar-refractivity contribution >= 4 is 16.6 Å². The lowest BCUT2D eigenvalue weighted by atomic mass is 10.1. The van der Waals surface area contributed by atoms with Crippen LogP contribution in [0.15, 0.2) is 24.3 Å². The zero-order chi connectivity index (χ0) is 10.1. The molecule has 3 N–H and O–H groups in total. The molecule has 1 heterocycles. The van der Waals surface area contributed by atoms with Crippen molar-refractivity contribution in [2.24, 2.45) is 5.84 Å². The number of para-hydroxylation sites is 1. The highest BCUT2D eigenvalue weighted by Gasteiger charge is 2.02. The predicted molar refractivity (Wildman–Crippen MR) is 59.0 cm³/mol. The second-order valence-electron chi connectivity index (χ2n) is 3.41. The van der Waals surface area contributed by atoms with Crippen LogP contribution < -0.4 is 11.3 Å². The van der Waals surface area contributed by atoms with Crippen molar-refractivity contribution in [2.75, 3.05) is 5.43 Å². The Kier molecular flexibility index (Phi) is 2.09. The van der Waals surface area contributed by atoms with Gasteiger partial charge in [-0.3, -0.25) is 10.8 Å². The van der Waals surface area contributed by atoms with E-state index in [1.807, 2.05) is 25.1 Å². The van der Waals surface area contributed by atoms with Crippen LogP contribution in [0.3, 0.4) is 0 Å². The maximum Gasteiger partial charge on any atom is 0.0735 e. The molecule has 3 heteroatoms. The van der Waals surface area contributed by atoms with E-state index >= 15 is 0 Å². The number of benzene rings is 1. The first-order valence-corrected chi connectivity index (χ1v) is 4.56. The number of rotatable bonds is 1. The number of hydrogen-bond donors (Lipinski definition) is 2. The lowest BCUT2D eigenvalue weighted by molar-refractivity contribution is 1.21. The van der Waals surface area contributed by atoms with Gasteiger partial charge in [-0.15, -0.1) is 0 Å². The van der Waals surface area contributed by atoms with E-state index in [-0.39, 0.29) is 0 Å². The Labute approximate surface area is 82.9 Å². The number of nitrogens with zero attached hydrogens (tertiary/aromatic N) is 1. The van der Waals surface area contributed by atoms with E-state index in [4.69, 9.17) is 5.84 Å². The number of aromatic nitrogens is 1. The molecule has 0 fully saturated rings. The Morgan fingerprint density at radius 1 is 1.29 bits per heavy atom. The SMILES string of the molecule is Cc1nc2c(C)cccc2cc1NN. The topological polar surface area (TPSA) is 50.9 Å². The lowest BCUT2D eigenvalue weighted by Crippen LogP contribution is -2.09. The van der Waals surface area contributed by atoms with Crippen molar-refractivity contribution in [2.45, 2.75) is 13.8 Å². The molecular formula is C11H13N3. The molecule has 1 aromatic heterocycles. The third-order valence-electron chi connectivity index (χ3n) is 2.39. The zero-order valence-electron chi connectivity index (χ0n) is 8.33. The van der Waals surface area contributed by atoms with Crippen molar-refractivity contribution in [3.8, 4) is 0 Å². The van der Waals surface area contributed by atoms with Gasteiger partial charge in [-0.2, -0.15) is 0 Å². The van der Waals surface area contributed by atoms with Crippen molar-refractivity contribution in [1.82, 2.24) is 4.98 Å². The molecular weight excluding hydrogens is 174 g/mol. The molecule has 0 saturated carbocycles. The fraction of sp³-hybridized carbons (Fsp3) is 0.182. The van der Waals surface area contributed by atoms with Crippen LogP contribution in [-0.4, -0.2) is 4.98 Å². The van der Waals surface area contributed by atoms with Crippen molar-refractivity contribution in [3.05, 3.63) is 35.5 Å². The van der Waals surface area contributed by atoms with Crippen LogP contribution in [0.25, 0.3) is 10.9 Å². The molecule has 0 radical (unpaired) electrons. The van der Waals surface area contributed by atoms with E-state index in [1.165, 1.54) is 5.56 Å². The number of anilines is 1. The van der Waals surface area contributed by atoms with Gasteiger partial charge in [0.15, 0.2) is 0 Å². The number of nitrogen functional groups attached to an aromatic ring is 1. The van der Waals surface area contributed by atoms with Crippen molar-refractivity contribution in [1.29, 1.82) is 0 Å². The van der Waals surface area contributed by atoms with Crippen LogP contribution in [0, 0.1) is 13.8 Å². The summed E-state index contributed by atoms with van der Waals surface area (Å²) in [7, 11) is 0. The van der Waals surface area contributed by atoms with Crippen molar-refractivity contribution < 1.29 is 0 Å². The van der Waals surface area contributed by atoms with Crippen LogP contribution in [0.2, 0.25) is 0 Å². The highest BCUT2D eigenvalue weighted by atomic mass is 15.2. The summed E-state index contributed by atoms with van der Waals surface area (Å²) in [5, 5.41) is 1.11. The average Bonchev–Trinajstić information content (AvgIpc) is 2.19. The highest BCUT2D eigenvalue weighted by molar-refractivity contribution is 5.85. The van der Waals surface area contributed by atoms with Gasteiger partial charge in [0.2, 0.25) is 0 Å². The van der Waals surface area contributed by atoms with Crippen LogP contribution in [0.5, 0.6) is 0 Å². The van der Waals surface area contributed by atoms with Gasteiger partial charge in [-0.05, 0) is 25.5 Å². The molecule has 0 aliphatic carbocycles. The van der Waals surface area contributed by atoms with Gasteiger partial charge < -0.3 is 5.43 Å². The Bertz CT molecular complexity index is 477. The Balaban J connectivity index is 2.79. The molecule has 0 amide bonds. The molecule has 2 aromatic rings. The summed E-state index contributed by atoms with van der Waals surface area (Å²) in [6, 6.07) is 8.14. The average molecular weight is 187 g/mol. The highest BCUT2D eigenvalue weighted by Crippen LogP contribution is 2.21. The van der Waals surface area contributed by atoms with Gasteiger partial charge in [0.05, 0.1) is 16.9 Å². The van der Waals surface area contributed by atoms with Gasteiger partial charge in [0.25, 0.3) is 0 Å². The van der Waals surface area contributed by atoms with Gasteiger partial charge in [-0.25, -0.2) is 0 Å². The van der Waals surface area contributed by atoms with E-state index in [1.54, 1.807) is 0 Å². The Hall–Kier alpha value is -1.61. The maximum atomic E-state index is 5.39. The molecule has 2 rings (SSSR count). The first kappa shape index (κ1) is 8.97. The number of fused-ring (bicyclic) bond motifs is 1. The van der Waals surface area contributed by atoms with Crippen LogP contribution >= 0.6 is 0 Å². The Morgan fingerprint density at radius 3 is 2.79 bits per heavy atom. The van der Waals surface area contributed by atoms with Crippen LogP contribution in [0.4, 0.5) is 5.69 Å². The lowest BCUT2D eigenvalue weighted by Gasteiger charge is -2.07. The monoisotopic (exact) mass is 187 g/mol. The number of aryl methyl sites for hydroxylation is 2. The summed E-state index contributed by atoms with van der Waals surface area (Å²) < 4.78 is 0. The molecule has 0 spiro atoms. The van der Waals surface area contributed by atoms with E-state index in [0.717, 1.165) is 22.3 Å². The first-order chi connectivity index (χ1) is 6.72. The zero-order valence-corrected chi connectivity index (χ0v) is 8.33. The predicted octanol–water partition coefficient (Wildman–Crippen LogP) is 2.14. The summed E-state index contributed by atoms with van der Waals surface area (Å²) in [5.74, 6) is 5.39. The smallest absolute Gasteiger partial charge is 0.0735 e. The van der Waals surface area contributed by atoms with Gasteiger partial charge in [0.1, 0.15) is 0 Å². The van der Waals surface area contributed by atoms with Crippen LogP contribution in [0.1, 0.15) is 11.3 Å². The van der Waals surface area contributed by atoms with E-state index < -0.39 is 0 Å². The molecule has 0 unspecified atom stereocenters. The number of hydrogen-bond acceptors (Lipinski definition) is 3. The summed E-state index contributed by atoms with van der Waals surface area (Å²) in [4.78, 5) is 4.50. The number of nitrogens with two attached hydrogens (primary N) is 1. The minimum atomic E-state index is 0.878. The molecule has 3 nitrogen and oxygen atoms in total. The van der Waals surface area contributed by atoms with E-state index in [0.29, 0.717) is 0 Å². The Morgan fingerprint density at radius 2 is 2.07 bits per heavy atom. The van der Waals surface area contributed by atoms with E-state index in [9.17, 15) is 0 Å². The largest absolute Gasteiger partial charge is 0.322 e. The molecule has 14 heavy (non-hydrogen) atoms. The normalized spacial score (nSPS) is 10.5. The second-order valence-corrected chi connectivity index (χ2v) is 3.41. The molecule has 0 bridgehead atoms. The van der Waals surface area contributed by atoms with Crippen molar-refractivity contribution in [3.63, 3.8) is 0 Å². The summed E-state index contributed by atoms with van der Waals surface area (Å²) in [5.41, 5.74) is 6.68. The molecule has 0 aliphatic rings. The number of hydrazine groups is 1. The minimum absolute atomic E-state index is 0.878. The van der Waals surface area contributed by atoms with Gasteiger partial charge >= 0.3 is 0 Å². The molecule has 0 aliphatic heterocycles. The molecule has 1 aromatic carbocycles. The number of nitrogens with one attached hydrogen (secondary N) is 1. The van der Waals surface area contributed by atoms with Gasteiger partial charge in [0, 0.05) is 5.39 Å². The fourth-order valence-electron chi connectivity index (χ4n) is 1.58. The molecule has 0 saturated heterocycles. The standard InChI is InChI=1S/C11H13N3/c1-7-4-3-5-9-6-10(14-12)8(2)13-11(7)9/h3-6,14H,12H2,1-2H3. The third kappa shape index (κ3) is 1.32. The second kappa shape index (κ2) is 3.27. The maximum absolute atomic E-state index is 5.39. The van der Waals surface area contributed by atoms with E-state index in [2.05, 4.69) is 23.4 Å². The minimum Gasteiger partial charge on any atom is -0.322 e. The molecule has 0 atom stereocenters.